The highest BCUT2D eigenvalue weighted by Crippen LogP contribution is 2.15. The van der Waals surface area contributed by atoms with Gasteiger partial charge in [-0.05, 0) is 32.0 Å². The highest BCUT2D eigenvalue weighted by atomic mass is 32.1. The van der Waals surface area contributed by atoms with E-state index >= 15 is 0 Å². The minimum absolute atomic E-state index is 0.192. The third kappa shape index (κ3) is 3.40. The molecule has 3 N–H and O–H groups in total. The maximum atomic E-state index is 9.75. The average molecular weight is 305 g/mol. The van der Waals surface area contributed by atoms with Gasteiger partial charge < -0.3 is 10.0 Å². The average Bonchev–Trinajstić information content (AvgIpc) is 2.81. The highest BCUT2D eigenvalue weighted by Gasteiger charge is 2.21. The molecule has 112 valence electrons. The van der Waals surface area contributed by atoms with Gasteiger partial charge in [0, 0.05) is 5.56 Å². The second kappa shape index (κ2) is 6.09. The zero-order valence-corrected chi connectivity index (χ0v) is 13.0. The molecule has 5 nitrogen and oxygen atoms in total. The lowest BCUT2D eigenvalue weighted by atomic mass is 10.1. The molecule has 0 radical (unpaired) electrons. The molecular formula is C15H21N4OS+. The number of hydrogen-bond donors (Lipinski definition) is 3. The molecule has 0 amide bonds. The van der Waals surface area contributed by atoms with Gasteiger partial charge in [-0.15, -0.1) is 0 Å². The third-order valence-electron chi connectivity index (χ3n) is 3.98. The molecule has 21 heavy (non-hydrogen) atoms. The summed E-state index contributed by atoms with van der Waals surface area (Å²) in [5, 5.41) is 13.0. The first-order chi connectivity index (χ1) is 10.1. The summed E-state index contributed by atoms with van der Waals surface area (Å²) in [7, 11) is 0. The summed E-state index contributed by atoms with van der Waals surface area (Å²) in [6, 6.07) is 8.23. The maximum absolute atomic E-state index is 9.75. The number of nitrogens with one attached hydrogen (secondary N) is 2. The summed E-state index contributed by atoms with van der Waals surface area (Å²) in [6.45, 7) is 4.64. The Hall–Kier alpha value is -1.50. The van der Waals surface area contributed by atoms with E-state index in [-0.39, 0.29) is 6.10 Å². The van der Waals surface area contributed by atoms with Gasteiger partial charge in [0.15, 0.2) is 12.5 Å². The van der Waals surface area contributed by atoms with Crippen molar-refractivity contribution in [2.24, 2.45) is 0 Å². The number of benzene rings is 1. The molecule has 2 atom stereocenters. The summed E-state index contributed by atoms with van der Waals surface area (Å²) >= 11 is 5.34. The van der Waals surface area contributed by atoms with Crippen LogP contribution >= 0.6 is 12.2 Å². The smallest absolute Gasteiger partial charge is 0.221 e. The quantitative estimate of drug-likeness (QED) is 0.739. The molecule has 1 saturated heterocycles. The van der Waals surface area contributed by atoms with Crippen molar-refractivity contribution in [3.8, 4) is 11.4 Å². The van der Waals surface area contributed by atoms with Crippen LogP contribution in [-0.2, 0) is 6.67 Å². The Morgan fingerprint density at radius 1 is 1.43 bits per heavy atom. The number of H-pyrrole nitrogens is 1. The lowest BCUT2D eigenvalue weighted by Gasteiger charge is -2.26. The van der Waals surface area contributed by atoms with Crippen molar-refractivity contribution in [3.63, 3.8) is 0 Å². The largest absolute Gasteiger partial charge is 0.387 e. The number of aliphatic hydroxyl groups excluding tert-OH is 1. The number of aromatic amines is 1. The summed E-state index contributed by atoms with van der Waals surface area (Å²) in [4.78, 5) is 5.78. The summed E-state index contributed by atoms with van der Waals surface area (Å²) in [5.74, 6) is 0.803. The fourth-order valence-electron chi connectivity index (χ4n) is 2.80. The van der Waals surface area contributed by atoms with Crippen LogP contribution in [0.1, 0.15) is 18.4 Å². The van der Waals surface area contributed by atoms with Gasteiger partial charge in [0.2, 0.25) is 4.77 Å². The van der Waals surface area contributed by atoms with E-state index in [1.807, 2.05) is 16.8 Å². The molecule has 1 aliphatic rings. The second-order valence-electron chi connectivity index (χ2n) is 5.81. The minimum Gasteiger partial charge on any atom is -0.387 e. The Kier molecular flexibility index (Phi) is 4.19. The van der Waals surface area contributed by atoms with Gasteiger partial charge in [0.1, 0.15) is 12.6 Å². The number of nitrogens with zero attached hydrogens (tertiary/aromatic N) is 2. The topological polar surface area (TPSA) is 58.3 Å². The van der Waals surface area contributed by atoms with Gasteiger partial charge in [-0.3, -0.25) is 5.10 Å². The fourth-order valence-corrected chi connectivity index (χ4v) is 3.00. The minimum atomic E-state index is -0.192. The molecule has 1 aliphatic heterocycles. The van der Waals surface area contributed by atoms with Gasteiger partial charge in [0.05, 0.1) is 6.54 Å². The standard InChI is InChI=1S/C15H20N4OS/c1-11-4-6-12(7-5-11)14-16-15(21)19(17-14)10-18-8-2-3-13(20)9-18/h4-7,13,20H,2-3,8-10H2,1H3,(H,16,17,21)/p+1/t13-/m1/s1. The monoisotopic (exact) mass is 305 g/mol. The fraction of sp³-hybridized carbons (Fsp3) is 0.467. The van der Waals surface area contributed by atoms with Crippen LogP contribution in [0.25, 0.3) is 11.4 Å². The van der Waals surface area contributed by atoms with Crippen LogP contribution in [0.2, 0.25) is 0 Å². The number of aryl methyl sites for hydroxylation is 1. The number of quaternary nitrogens is 1. The third-order valence-corrected chi connectivity index (χ3v) is 4.29. The molecule has 1 aromatic heterocycles. The number of aliphatic hydroxyl groups is 1. The van der Waals surface area contributed by atoms with E-state index in [1.54, 1.807) is 0 Å². The molecule has 1 aromatic carbocycles. The van der Waals surface area contributed by atoms with Crippen molar-refractivity contribution >= 4 is 12.2 Å². The van der Waals surface area contributed by atoms with Crippen LogP contribution in [0.4, 0.5) is 0 Å². The van der Waals surface area contributed by atoms with Crippen LogP contribution in [0.3, 0.4) is 0 Å². The first kappa shape index (κ1) is 14.4. The Morgan fingerprint density at radius 3 is 2.90 bits per heavy atom. The predicted octanol–water partition coefficient (Wildman–Crippen LogP) is 0.913. The van der Waals surface area contributed by atoms with Crippen LogP contribution in [0, 0.1) is 11.7 Å². The highest BCUT2D eigenvalue weighted by molar-refractivity contribution is 7.71. The Balaban J connectivity index is 1.78. The van der Waals surface area contributed by atoms with Gasteiger partial charge >= 0.3 is 0 Å². The van der Waals surface area contributed by atoms with E-state index in [1.165, 1.54) is 10.5 Å². The number of likely N-dealkylation sites (tertiary alicyclic amines) is 1. The van der Waals surface area contributed by atoms with E-state index in [4.69, 9.17) is 12.2 Å². The Labute approximate surface area is 129 Å². The normalized spacial score (nSPS) is 22.4. The van der Waals surface area contributed by atoms with Crippen molar-refractivity contribution in [1.82, 2.24) is 14.8 Å². The van der Waals surface area contributed by atoms with E-state index in [2.05, 4.69) is 29.1 Å². The molecule has 6 heteroatoms. The molecule has 0 saturated carbocycles. The van der Waals surface area contributed by atoms with Crippen molar-refractivity contribution in [2.45, 2.75) is 32.5 Å². The summed E-state index contributed by atoms with van der Waals surface area (Å²) in [6.07, 6.45) is 1.78. The Morgan fingerprint density at radius 2 is 2.19 bits per heavy atom. The van der Waals surface area contributed by atoms with Gasteiger partial charge in [-0.25, -0.2) is 4.68 Å². The molecule has 0 spiro atoms. The predicted molar refractivity (Wildman–Crippen MR) is 83.5 cm³/mol. The number of aromatic nitrogens is 3. The first-order valence-corrected chi connectivity index (χ1v) is 7.78. The Bertz CT molecular complexity index is 661. The van der Waals surface area contributed by atoms with Crippen molar-refractivity contribution in [1.29, 1.82) is 0 Å². The zero-order chi connectivity index (χ0) is 14.8. The molecule has 1 fully saturated rings. The van der Waals surface area contributed by atoms with E-state index < -0.39 is 0 Å². The summed E-state index contributed by atoms with van der Waals surface area (Å²) in [5.41, 5.74) is 2.27. The molecular weight excluding hydrogens is 284 g/mol. The first-order valence-electron chi connectivity index (χ1n) is 7.37. The number of piperidine rings is 1. The molecule has 0 aliphatic carbocycles. The lowest BCUT2D eigenvalue weighted by Crippen LogP contribution is -3.13. The number of hydrogen-bond acceptors (Lipinski definition) is 3. The van der Waals surface area contributed by atoms with Crippen LogP contribution in [-0.4, -0.2) is 39.1 Å². The molecule has 1 unspecified atom stereocenters. The van der Waals surface area contributed by atoms with E-state index in [0.29, 0.717) is 4.77 Å². The van der Waals surface area contributed by atoms with Gasteiger partial charge in [-0.2, -0.15) is 4.98 Å². The second-order valence-corrected chi connectivity index (χ2v) is 6.17. The molecule has 3 rings (SSSR count). The molecule has 0 bridgehead atoms. The summed E-state index contributed by atoms with van der Waals surface area (Å²) < 4.78 is 2.47. The number of rotatable bonds is 3. The zero-order valence-electron chi connectivity index (χ0n) is 12.2. The van der Waals surface area contributed by atoms with E-state index in [0.717, 1.165) is 44.0 Å². The van der Waals surface area contributed by atoms with Gasteiger partial charge in [0.25, 0.3) is 0 Å². The molecule has 2 heterocycles. The van der Waals surface area contributed by atoms with Gasteiger partial charge in [-0.1, -0.05) is 29.8 Å². The maximum Gasteiger partial charge on any atom is 0.221 e. The van der Waals surface area contributed by atoms with Crippen LogP contribution in [0.15, 0.2) is 24.3 Å². The molecule has 2 aromatic rings. The van der Waals surface area contributed by atoms with Crippen LogP contribution in [0.5, 0.6) is 0 Å². The van der Waals surface area contributed by atoms with Crippen LogP contribution < -0.4 is 4.90 Å². The SMILES string of the molecule is Cc1ccc(-c2nc(=S)n(C[NH+]3CCC[C@@H](O)C3)[nH]2)cc1. The van der Waals surface area contributed by atoms with Crippen molar-refractivity contribution in [3.05, 3.63) is 34.6 Å². The van der Waals surface area contributed by atoms with Crippen molar-refractivity contribution < 1.29 is 10.0 Å². The van der Waals surface area contributed by atoms with E-state index in [9.17, 15) is 5.11 Å². The lowest BCUT2D eigenvalue weighted by molar-refractivity contribution is -0.931. The van der Waals surface area contributed by atoms with Crippen molar-refractivity contribution in [2.75, 3.05) is 13.1 Å².